The fraction of sp³-hybridized carbons (Fsp3) is 0.0833. The molecule has 0 unspecified atom stereocenters. The summed E-state index contributed by atoms with van der Waals surface area (Å²) in [5.41, 5.74) is 2.07. The standard InChI is InChI=1S/C12H10ClN5/c13-12-14-9-17(16-12)7-10-6-15-18(8-10)11-4-2-1-3-5-11/h1-6,8-9H,7H2. The van der Waals surface area contributed by atoms with E-state index in [0.717, 1.165) is 11.3 Å². The Balaban J connectivity index is 1.82. The van der Waals surface area contributed by atoms with Gasteiger partial charge >= 0.3 is 0 Å². The molecular formula is C12H10ClN5. The van der Waals surface area contributed by atoms with Crippen LogP contribution in [0.5, 0.6) is 0 Å². The summed E-state index contributed by atoms with van der Waals surface area (Å²) in [7, 11) is 0. The Bertz CT molecular complexity index is 643. The summed E-state index contributed by atoms with van der Waals surface area (Å²) in [6.07, 6.45) is 5.37. The molecule has 0 radical (unpaired) electrons. The molecule has 0 aliphatic rings. The summed E-state index contributed by atoms with van der Waals surface area (Å²) in [4.78, 5) is 3.87. The van der Waals surface area contributed by atoms with Crippen LogP contribution in [-0.4, -0.2) is 24.5 Å². The minimum Gasteiger partial charge on any atom is -0.247 e. The first kappa shape index (κ1) is 11.0. The van der Waals surface area contributed by atoms with E-state index in [1.54, 1.807) is 11.0 Å². The molecule has 90 valence electrons. The molecule has 0 atom stereocenters. The molecule has 2 heterocycles. The van der Waals surface area contributed by atoms with Gasteiger partial charge in [0.2, 0.25) is 5.28 Å². The van der Waals surface area contributed by atoms with E-state index >= 15 is 0 Å². The van der Waals surface area contributed by atoms with Crippen LogP contribution in [0.4, 0.5) is 0 Å². The lowest BCUT2D eigenvalue weighted by atomic mass is 10.3. The van der Waals surface area contributed by atoms with Gasteiger partial charge in [-0.3, -0.25) is 0 Å². The summed E-state index contributed by atoms with van der Waals surface area (Å²) >= 11 is 5.66. The molecule has 5 nitrogen and oxygen atoms in total. The summed E-state index contributed by atoms with van der Waals surface area (Å²) in [5.74, 6) is 0. The number of hydrogen-bond acceptors (Lipinski definition) is 3. The van der Waals surface area contributed by atoms with Crippen molar-refractivity contribution in [3.05, 3.63) is 59.9 Å². The van der Waals surface area contributed by atoms with Crippen LogP contribution in [0.1, 0.15) is 5.56 Å². The molecule has 0 aliphatic carbocycles. The Morgan fingerprint density at radius 2 is 2.00 bits per heavy atom. The number of para-hydroxylation sites is 1. The van der Waals surface area contributed by atoms with E-state index in [4.69, 9.17) is 11.6 Å². The highest BCUT2D eigenvalue weighted by Gasteiger charge is 2.03. The van der Waals surface area contributed by atoms with E-state index in [9.17, 15) is 0 Å². The Kier molecular flexibility index (Phi) is 2.82. The molecule has 3 aromatic rings. The lowest BCUT2D eigenvalue weighted by Gasteiger charge is -1.99. The quantitative estimate of drug-likeness (QED) is 0.724. The van der Waals surface area contributed by atoms with E-state index in [1.165, 1.54) is 0 Å². The van der Waals surface area contributed by atoms with Crippen molar-refractivity contribution in [3.63, 3.8) is 0 Å². The van der Waals surface area contributed by atoms with E-state index < -0.39 is 0 Å². The zero-order chi connectivity index (χ0) is 12.4. The van der Waals surface area contributed by atoms with Crippen LogP contribution in [0.15, 0.2) is 49.1 Å². The van der Waals surface area contributed by atoms with E-state index in [1.807, 2.05) is 47.4 Å². The van der Waals surface area contributed by atoms with E-state index in [0.29, 0.717) is 6.54 Å². The third kappa shape index (κ3) is 2.26. The number of benzene rings is 1. The van der Waals surface area contributed by atoms with Crippen molar-refractivity contribution in [3.8, 4) is 5.69 Å². The molecule has 18 heavy (non-hydrogen) atoms. The fourth-order valence-electron chi connectivity index (χ4n) is 1.70. The van der Waals surface area contributed by atoms with Gasteiger partial charge in [0.25, 0.3) is 0 Å². The molecule has 2 aromatic heterocycles. The Hall–Kier alpha value is -2.14. The molecule has 0 aliphatic heterocycles. The lowest BCUT2D eigenvalue weighted by Crippen LogP contribution is -1.99. The van der Waals surface area contributed by atoms with Crippen LogP contribution in [0.2, 0.25) is 5.28 Å². The zero-order valence-electron chi connectivity index (χ0n) is 9.44. The first-order valence-corrected chi connectivity index (χ1v) is 5.83. The molecule has 0 bridgehead atoms. The van der Waals surface area contributed by atoms with E-state index in [2.05, 4.69) is 15.2 Å². The number of aromatic nitrogens is 5. The molecule has 1 aromatic carbocycles. The zero-order valence-corrected chi connectivity index (χ0v) is 10.2. The first-order valence-electron chi connectivity index (χ1n) is 5.45. The summed E-state index contributed by atoms with van der Waals surface area (Å²) < 4.78 is 3.50. The van der Waals surface area contributed by atoms with Crippen molar-refractivity contribution in [1.82, 2.24) is 24.5 Å². The Labute approximate surface area is 109 Å². The third-order valence-corrected chi connectivity index (χ3v) is 2.68. The van der Waals surface area contributed by atoms with Gasteiger partial charge in [-0.2, -0.15) is 5.10 Å². The molecule has 0 amide bonds. The van der Waals surface area contributed by atoms with Crippen LogP contribution in [0, 0.1) is 0 Å². The lowest BCUT2D eigenvalue weighted by molar-refractivity contribution is 0.685. The van der Waals surface area contributed by atoms with Crippen molar-refractivity contribution < 1.29 is 0 Å². The van der Waals surface area contributed by atoms with Crippen molar-refractivity contribution in [2.75, 3.05) is 0 Å². The van der Waals surface area contributed by atoms with Gasteiger partial charge in [0, 0.05) is 11.8 Å². The monoisotopic (exact) mass is 259 g/mol. The van der Waals surface area contributed by atoms with Crippen LogP contribution in [0.3, 0.4) is 0 Å². The van der Waals surface area contributed by atoms with Crippen LogP contribution >= 0.6 is 11.6 Å². The van der Waals surface area contributed by atoms with Crippen molar-refractivity contribution in [2.45, 2.75) is 6.54 Å². The Morgan fingerprint density at radius 1 is 1.17 bits per heavy atom. The molecule has 0 N–H and O–H groups in total. The highest BCUT2D eigenvalue weighted by Crippen LogP contribution is 2.08. The number of nitrogens with zero attached hydrogens (tertiary/aromatic N) is 5. The SMILES string of the molecule is Clc1ncn(Cc2cnn(-c3ccccc3)c2)n1. The maximum absolute atomic E-state index is 5.66. The van der Waals surface area contributed by atoms with Crippen molar-refractivity contribution in [2.24, 2.45) is 0 Å². The number of rotatable bonds is 3. The van der Waals surface area contributed by atoms with Crippen molar-refractivity contribution >= 4 is 11.6 Å². The fourth-order valence-corrected chi connectivity index (χ4v) is 1.84. The second-order valence-corrected chi connectivity index (χ2v) is 4.18. The third-order valence-electron chi connectivity index (χ3n) is 2.51. The maximum Gasteiger partial charge on any atom is 0.242 e. The predicted molar refractivity (Wildman–Crippen MR) is 67.7 cm³/mol. The molecule has 6 heteroatoms. The maximum atomic E-state index is 5.66. The highest BCUT2D eigenvalue weighted by atomic mass is 35.5. The molecule has 0 saturated carbocycles. The number of halogens is 1. The minimum atomic E-state index is 0.255. The number of hydrogen-bond donors (Lipinski definition) is 0. The molecule has 3 rings (SSSR count). The van der Waals surface area contributed by atoms with Gasteiger partial charge < -0.3 is 0 Å². The van der Waals surface area contributed by atoms with Crippen LogP contribution in [0.25, 0.3) is 5.69 Å². The average molecular weight is 260 g/mol. The normalized spacial score (nSPS) is 10.7. The highest BCUT2D eigenvalue weighted by molar-refractivity contribution is 6.28. The second kappa shape index (κ2) is 4.62. The van der Waals surface area contributed by atoms with E-state index in [-0.39, 0.29) is 5.28 Å². The van der Waals surface area contributed by atoms with Gasteiger partial charge in [-0.25, -0.2) is 14.3 Å². The molecular weight excluding hydrogens is 250 g/mol. The van der Waals surface area contributed by atoms with Gasteiger partial charge in [0.1, 0.15) is 6.33 Å². The van der Waals surface area contributed by atoms with Crippen molar-refractivity contribution in [1.29, 1.82) is 0 Å². The summed E-state index contributed by atoms with van der Waals surface area (Å²) in [6, 6.07) is 9.94. The summed E-state index contributed by atoms with van der Waals surface area (Å²) in [5, 5.41) is 8.59. The van der Waals surface area contributed by atoms with Gasteiger partial charge in [0.05, 0.1) is 18.4 Å². The van der Waals surface area contributed by atoms with Gasteiger partial charge in [-0.15, -0.1) is 5.10 Å². The first-order chi connectivity index (χ1) is 8.81. The van der Waals surface area contributed by atoms with Crippen LogP contribution in [-0.2, 0) is 6.54 Å². The smallest absolute Gasteiger partial charge is 0.242 e. The van der Waals surface area contributed by atoms with Gasteiger partial charge in [0.15, 0.2) is 0 Å². The molecule has 0 fully saturated rings. The second-order valence-electron chi connectivity index (χ2n) is 3.84. The van der Waals surface area contributed by atoms with Gasteiger partial charge in [-0.1, -0.05) is 18.2 Å². The topological polar surface area (TPSA) is 48.5 Å². The molecule has 0 saturated heterocycles. The summed E-state index contributed by atoms with van der Waals surface area (Å²) in [6.45, 7) is 0.604. The Morgan fingerprint density at radius 3 is 2.72 bits per heavy atom. The van der Waals surface area contributed by atoms with Gasteiger partial charge in [-0.05, 0) is 23.7 Å². The average Bonchev–Trinajstić information content (AvgIpc) is 3.01. The largest absolute Gasteiger partial charge is 0.247 e. The molecule has 0 spiro atoms. The van der Waals surface area contributed by atoms with Crippen LogP contribution < -0.4 is 0 Å². The predicted octanol–water partition coefficient (Wildman–Crippen LogP) is 2.17. The minimum absolute atomic E-state index is 0.255.